The molecule has 8 N–H and O–H groups in total. The van der Waals surface area contributed by atoms with E-state index in [2.05, 4.69) is 10.6 Å². The molecule has 2 aliphatic heterocycles. The molecule has 29 heavy (non-hydrogen) atoms. The first kappa shape index (κ1) is 23.9. The van der Waals surface area contributed by atoms with Crippen molar-refractivity contribution < 1.29 is 54.4 Å². The molecule has 168 valence electrons. The predicted molar refractivity (Wildman–Crippen MR) is 91.8 cm³/mol. The van der Waals surface area contributed by atoms with E-state index in [0.29, 0.717) is 0 Å². The number of hydrogen-bond acceptors (Lipinski definition) is 11. The van der Waals surface area contributed by atoms with Gasteiger partial charge in [0.15, 0.2) is 12.6 Å². The second-order valence-electron chi connectivity index (χ2n) is 7.00. The van der Waals surface area contributed by atoms with E-state index < -0.39 is 86.3 Å². The molecule has 0 aromatic rings. The van der Waals surface area contributed by atoms with Gasteiger partial charge in [0.2, 0.25) is 11.8 Å². The maximum atomic E-state index is 11.5. The molecule has 0 radical (unpaired) electrons. The van der Waals surface area contributed by atoms with Crippen molar-refractivity contribution in [2.45, 2.75) is 75.1 Å². The summed E-state index contributed by atoms with van der Waals surface area (Å²) in [5, 5.41) is 64.5. The van der Waals surface area contributed by atoms with Crippen molar-refractivity contribution in [3.8, 4) is 0 Å². The highest BCUT2D eigenvalue weighted by atomic mass is 16.7. The zero-order valence-electron chi connectivity index (χ0n) is 15.9. The molecule has 13 heteroatoms. The van der Waals surface area contributed by atoms with Gasteiger partial charge in [0.1, 0.15) is 48.7 Å². The van der Waals surface area contributed by atoms with E-state index in [-0.39, 0.29) is 0 Å². The molecule has 10 atom stereocenters. The van der Waals surface area contributed by atoms with Gasteiger partial charge in [0, 0.05) is 13.8 Å². The Hall–Kier alpha value is -1.42. The van der Waals surface area contributed by atoms with E-state index in [4.69, 9.17) is 14.2 Å². The normalized spacial score (nSPS) is 42.9. The first-order chi connectivity index (χ1) is 13.6. The highest BCUT2D eigenvalue weighted by Gasteiger charge is 2.51. The Bertz CT molecular complexity index is 579. The lowest BCUT2D eigenvalue weighted by molar-refractivity contribution is -0.327. The first-order valence-electron chi connectivity index (χ1n) is 9.05. The summed E-state index contributed by atoms with van der Waals surface area (Å²) in [5.41, 5.74) is 0. The minimum Gasteiger partial charge on any atom is -0.394 e. The highest BCUT2D eigenvalue weighted by Crippen LogP contribution is 2.28. The Kier molecular flexibility index (Phi) is 8.28. The molecule has 0 aliphatic carbocycles. The number of nitrogens with one attached hydrogen (secondary N) is 2. The van der Waals surface area contributed by atoms with Gasteiger partial charge in [0.05, 0.1) is 13.2 Å². The Morgan fingerprint density at radius 1 is 0.828 bits per heavy atom. The smallest absolute Gasteiger partial charge is 0.217 e. The molecule has 0 spiro atoms. The van der Waals surface area contributed by atoms with Crippen LogP contribution in [0.15, 0.2) is 0 Å². The number of carbonyl (C=O) groups excluding carboxylic acids is 2. The van der Waals surface area contributed by atoms with Gasteiger partial charge in [-0.3, -0.25) is 9.59 Å². The summed E-state index contributed by atoms with van der Waals surface area (Å²) in [6.07, 6.45) is -11.7. The summed E-state index contributed by atoms with van der Waals surface area (Å²) in [7, 11) is 0. The highest BCUT2D eigenvalue weighted by molar-refractivity contribution is 5.73. The predicted octanol–water partition coefficient (Wildman–Crippen LogP) is -5.11. The van der Waals surface area contributed by atoms with Crippen molar-refractivity contribution in [3.63, 3.8) is 0 Å². The number of aliphatic hydroxyl groups is 6. The van der Waals surface area contributed by atoms with Crippen LogP contribution in [0.1, 0.15) is 13.8 Å². The van der Waals surface area contributed by atoms with Gasteiger partial charge in [-0.25, -0.2) is 0 Å². The molecular formula is C16H28N2O11. The zero-order valence-corrected chi connectivity index (χ0v) is 15.9. The van der Waals surface area contributed by atoms with E-state index in [1.807, 2.05) is 0 Å². The molecule has 1 unspecified atom stereocenters. The van der Waals surface area contributed by atoms with Gasteiger partial charge in [-0.05, 0) is 0 Å². The average Bonchev–Trinajstić information content (AvgIpc) is 2.65. The van der Waals surface area contributed by atoms with Crippen LogP contribution in [0.2, 0.25) is 0 Å². The van der Waals surface area contributed by atoms with Crippen LogP contribution in [0.3, 0.4) is 0 Å². The van der Waals surface area contributed by atoms with Crippen LogP contribution in [0.5, 0.6) is 0 Å². The van der Waals surface area contributed by atoms with Crippen molar-refractivity contribution in [3.05, 3.63) is 0 Å². The fourth-order valence-electron chi connectivity index (χ4n) is 3.38. The topological polar surface area (TPSA) is 207 Å². The number of amides is 2. The van der Waals surface area contributed by atoms with E-state index in [9.17, 15) is 40.2 Å². The van der Waals surface area contributed by atoms with Crippen molar-refractivity contribution >= 4 is 11.8 Å². The summed E-state index contributed by atoms with van der Waals surface area (Å²) >= 11 is 0. The van der Waals surface area contributed by atoms with Crippen LogP contribution < -0.4 is 10.6 Å². The molecule has 2 aliphatic rings. The fraction of sp³-hybridized carbons (Fsp3) is 0.875. The van der Waals surface area contributed by atoms with E-state index in [1.165, 1.54) is 0 Å². The first-order valence-corrected chi connectivity index (χ1v) is 9.05. The van der Waals surface area contributed by atoms with Gasteiger partial charge in [0.25, 0.3) is 0 Å². The lowest BCUT2D eigenvalue weighted by atomic mass is 9.94. The van der Waals surface area contributed by atoms with Crippen molar-refractivity contribution in [1.29, 1.82) is 0 Å². The minimum atomic E-state index is -1.64. The molecule has 2 rings (SSSR count). The number of carbonyl (C=O) groups is 2. The number of hydrogen-bond donors (Lipinski definition) is 8. The minimum absolute atomic E-state index is 0.568. The van der Waals surface area contributed by atoms with Gasteiger partial charge >= 0.3 is 0 Å². The van der Waals surface area contributed by atoms with Crippen molar-refractivity contribution in [1.82, 2.24) is 10.6 Å². The number of aliphatic hydroxyl groups excluding tert-OH is 6. The Labute approximate surface area is 166 Å². The molecule has 0 bridgehead atoms. The quantitative estimate of drug-likeness (QED) is 0.202. The zero-order chi connectivity index (χ0) is 21.9. The molecule has 2 heterocycles. The Morgan fingerprint density at radius 2 is 1.38 bits per heavy atom. The molecule has 2 amide bonds. The second kappa shape index (κ2) is 10.1. The van der Waals surface area contributed by atoms with Crippen LogP contribution in [-0.4, -0.2) is 117 Å². The SMILES string of the molecule is CC(=O)N[C@@H]1[C@H](O[C@H]2[C@H](O)[C@@H](NC(C)=O)C(O)O[C@@H]2CO)O[C@H](CO)[C@@H](O)[C@@H]1O. The summed E-state index contributed by atoms with van der Waals surface area (Å²) in [5.74, 6) is -1.14. The molecule has 0 aromatic heterocycles. The summed E-state index contributed by atoms with van der Waals surface area (Å²) in [4.78, 5) is 22.8. The molecule has 0 saturated carbocycles. The van der Waals surface area contributed by atoms with E-state index >= 15 is 0 Å². The Morgan fingerprint density at radius 3 is 1.90 bits per heavy atom. The summed E-state index contributed by atoms with van der Waals surface area (Å²) < 4.78 is 16.3. The van der Waals surface area contributed by atoms with Crippen molar-refractivity contribution in [2.24, 2.45) is 0 Å². The maximum absolute atomic E-state index is 11.5. The molecule has 2 saturated heterocycles. The maximum Gasteiger partial charge on any atom is 0.217 e. The van der Waals surface area contributed by atoms with Gasteiger partial charge in [-0.15, -0.1) is 0 Å². The summed E-state index contributed by atoms with van der Waals surface area (Å²) in [6.45, 7) is 0.962. The third kappa shape index (κ3) is 5.39. The molecule has 0 aromatic carbocycles. The number of ether oxygens (including phenoxy) is 3. The van der Waals surface area contributed by atoms with Crippen LogP contribution >= 0.6 is 0 Å². The van der Waals surface area contributed by atoms with Gasteiger partial charge < -0.3 is 55.5 Å². The second-order valence-corrected chi connectivity index (χ2v) is 7.00. The lowest BCUT2D eigenvalue weighted by Gasteiger charge is -2.47. The third-order valence-corrected chi connectivity index (χ3v) is 4.78. The van der Waals surface area contributed by atoms with E-state index in [1.54, 1.807) is 0 Å². The van der Waals surface area contributed by atoms with Gasteiger partial charge in [-0.1, -0.05) is 0 Å². The Balaban J connectivity index is 2.26. The average molecular weight is 424 g/mol. The number of rotatable bonds is 6. The van der Waals surface area contributed by atoms with Crippen LogP contribution in [0.25, 0.3) is 0 Å². The monoisotopic (exact) mass is 424 g/mol. The largest absolute Gasteiger partial charge is 0.394 e. The van der Waals surface area contributed by atoms with Gasteiger partial charge in [-0.2, -0.15) is 0 Å². The van der Waals surface area contributed by atoms with Crippen LogP contribution in [-0.2, 0) is 23.8 Å². The standard InChI is InChI=1S/C16H28N2O11/c1-5(21)17-9-13(25)14(8(4-20)27-15(9)26)29-16-10(18-6(2)22)12(24)11(23)7(3-19)28-16/h7-16,19-20,23-26H,3-4H2,1-2H3,(H,17,21)(H,18,22)/t7-,8-,9-,10+,11-,12-,13-,14-,15?,16+/m1/s1. The van der Waals surface area contributed by atoms with Crippen LogP contribution in [0, 0.1) is 0 Å². The lowest BCUT2D eigenvalue weighted by Crippen LogP contribution is -2.69. The summed E-state index contributed by atoms with van der Waals surface area (Å²) in [6, 6.07) is -2.59. The fourth-order valence-corrected chi connectivity index (χ4v) is 3.38. The molecule has 13 nitrogen and oxygen atoms in total. The van der Waals surface area contributed by atoms with Crippen LogP contribution in [0.4, 0.5) is 0 Å². The molecular weight excluding hydrogens is 396 g/mol. The molecule has 2 fully saturated rings. The van der Waals surface area contributed by atoms with Crippen molar-refractivity contribution in [2.75, 3.05) is 13.2 Å². The van der Waals surface area contributed by atoms with E-state index in [0.717, 1.165) is 13.8 Å². The third-order valence-electron chi connectivity index (χ3n) is 4.78.